The van der Waals surface area contributed by atoms with Gasteiger partial charge in [0, 0.05) is 0 Å². The lowest BCUT2D eigenvalue weighted by atomic mass is 10.1. The molecule has 0 aromatic heterocycles. The van der Waals surface area contributed by atoms with Crippen LogP contribution < -0.4 is 10.1 Å². The molecule has 31 heavy (non-hydrogen) atoms. The van der Waals surface area contributed by atoms with Gasteiger partial charge in [0.2, 0.25) is 5.78 Å². The van der Waals surface area contributed by atoms with Gasteiger partial charge in [0.1, 0.15) is 5.75 Å². The van der Waals surface area contributed by atoms with Gasteiger partial charge in [-0.1, -0.05) is 72.8 Å². The number of benzene rings is 3. The summed E-state index contributed by atoms with van der Waals surface area (Å²) < 4.78 is 32.0. The Kier molecular flexibility index (Phi) is 7.20. The number of amides is 1. The van der Waals surface area contributed by atoms with Gasteiger partial charge in [-0.25, -0.2) is 8.42 Å². The quantitative estimate of drug-likeness (QED) is 0.512. The molecule has 1 N–H and O–H groups in total. The van der Waals surface area contributed by atoms with E-state index in [9.17, 15) is 18.0 Å². The normalized spacial score (nSPS) is 12.0. The Morgan fingerprint density at radius 1 is 0.871 bits per heavy atom. The summed E-state index contributed by atoms with van der Waals surface area (Å²) in [5.41, 5.74) is 1.09. The lowest BCUT2D eigenvalue weighted by Gasteiger charge is -2.18. The maximum Gasteiger partial charge on any atom is 0.293 e. The first-order valence-electron chi connectivity index (χ1n) is 9.80. The average molecular weight is 438 g/mol. The van der Waals surface area contributed by atoms with Crippen LogP contribution in [0.3, 0.4) is 0 Å². The molecule has 0 spiro atoms. The molecule has 1 amide bonds. The van der Waals surface area contributed by atoms with E-state index in [0.29, 0.717) is 23.6 Å². The molecule has 0 aliphatic heterocycles. The molecule has 0 bridgehead atoms. The summed E-state index contributed by atoms with van der Waals surface area (Å²) >= 11 is 0. The van der Waals surface area contributed by atoms with Crippen molar-refractivity contribution in [1.82, 2.24) is 0 Å². The lowest BCUT2D eigenvalue weighted by Crippen LogP contribution is -2.33. The summed E-state index contributed by atoms with van der Waals surface area (Å²) in [5.74, 6) is -2.03. The van der Waals surface area contributed by atoms with Crippen molar-refractivity contribution in [2.75, 3.05) is 11.9 Å². The standard InChI is InChI=1S/C24H23NO5S/c1-2-30-21-16-10-9-15-20(21)25-24(27)22(26)23(19-13-7-4-8-14-19)31(28,29)17-18-11-5-3-6-12-18/h3-16,23H,2,17H2,1H3,(H,25,27)/t23-/m1/s1. The van der Waals surface area contributed by atoms with E-state index in [1.54, 1.807) is 79.7 Å². The van der Waals surface area contributed by atoms with E-state index in [0.717, 1.165) is 0 Å². The number of Topliss-reactive ketones (excluding diaryl/α,β-unsaturated/α-hetero) is 1. The molecule has 0 saturated carbocycles. The van der Waals surface area contributed by atoms with Crippen LogP contribution in [0.4, 0.5) is 5.69 Å². The molecular weight excluding hydrogens is 414 g/mol. The number of para-hydroxylation sites is 2. The topological polar surface area (TPSA) is 89.5 Å². The molecule has 160 valence electrons. The summed E-state index contributed by atoms with van der Waals surface area (Å²) in [7, 11) is -4.03. The first kappa shape index (κ1) is 22.2. The van der Waals surface area contributed by atoms with E-state index < -0.39 is 26.8 Å². The summed E-state index contributed by atoms with van der Waals surface area (Å²) in [4.78, 5) is 25.9. The third kappa shape index (κ3) is 5.58. The highest BCUT2D eigenvalue weighted by Gasteiger charge is 2.38. The molecule has 0 unspecified atom stereocenters. The van der Waals surface area contributed by atoms with E-state index in [4.69, 9.17) is 4.74 Å². The predicted octanol–water partition coefficient (Wildman–Crippen LogP) is 3.95. The van der Waals surface area contributed by atoms with Crippen LogP contribution in [0, 0.1) is 0 Å². The number of sulfone groups is 1. The van der Waals surface area contributed by atoms with Crippen LogP contribution in [-0.2, 0) is 25.2 Å². The Morgan fingerprint density at radius 3 is 2.10 bits per heavy atom. The van der Waals surface area contributed by atoms with Crippen molar-refractivity contribution in [2.24, 2.45) is 0 Å². The van der Waals surface area contributed by atoms with Gasteiger partial charge >= 0.3 is 0 Å². The molecule has 0 saturated heterocycles. The first-order valence-corrected chi connectivity index (χ1v) is 11.5. The Bertz CT molecular complexity index is 1140. The van der Waals surface area contributed by atoms with Crippen LogP contribution in [0.5, 0.6) is 5.75 Å². The van der Waals surface area contributed by atoms with Gasteiger partial charge in [0.15, 0.2) is 15.1 Å². The minimum Gasteiger partial charge on any atom is -0.492 e. The zero-order valence-corrected chi connectivity index (χ0v) is 17.8. The summed E-state index contributed by atoms with van der Waals surface area (Å²) in [6, 6.07) is 23.3. The van der Waals surface area contributed by atoms with Gasteiger partial charge < -0.3 is 10.1 Å². The van der Waals surface area contributed by atoms with Crippen molar-refractivity contribution in [3.63, 3.8) is 0 Å². The smallest absolute Gasteiger partial charge is 0.293 e. The largest absolute Gasteiger partial charge is 0.492 e. The number of nitrogens with one attached hydrogen (secondary N) is 1. The van der Waals surface area contributed by atoms with Gasteiger partial charge in [-0.3, -0.25) is 9.59 Å². The van der Waals surface area contributed by atoms with Crippen LogP contribution in [-0.4, -0.2) is 26.7 Å². The van der Waals surface area contributed by atoms with Gasteiger partial charge in [-0.15, -0.1) is 0 Å². The summed E-state index contributed by atoms with van der Waals surface area (Å²) in [5, 5.41) is 0.886. The van der Waals surface area contributed by atoms with Gasteiger partial charge in [-0.2, -0.15) is 0 Å². The molecule has 0 heterocycles. The Morgan fingerprint density at radius 2 is 1.45 bits per heavy atom. The molecule has 3 aromatic rings. The number of anilines is 1. The fourth-order valence-corrected chi connectivity index (χ4v) is 5.02. The second kappa shape index (κ2) is 10.0. The van der Waals surface area contributed by atoms with Crippen molar-refractivity contribution in [3.05, 3.63) is 96.1 Å². The van der Waals surface area contributed by atoms with E-state index in [-0.39, 0.29) is 11.3 Å². The van der Waals surface area contributed by atoms with Crippen molar-refractivity contribution in [3.8, 4) is 5.75 Å². The SMILES string of the molecule is CCOc1ccccc1NC(=O)C(=O)[C@@H](c1ccccc1)S(=O)(=O)Cc1ccccc1. The third-order valence-electron chi connectivity index (χ3n) is 4.57. The lowest BCUT2D eigenvalue weighted by molar-refractivity contribution is -0.134. The average Bonchev–Trinajstić information content (AvgIpc) is 2.76. The zero-order valence-electron chi connectivity index (χ0n) is 17.0. The van der Waals surface area contributed by atoms with Crippen molar-refractivity contribution < 1.29 is 22.7 Å². The third-order valence-corrected chi connectivity index (χ3v) is 6.51. The van der Waals surface area contributed by atoms with E-state index >= 15 is 0 Å². The molecule has 3 aromatic carbocycles. The van der Waals surface area contributed by atoms with Crippen molar-refractivity contribution >= 4 is 27.2 Å². The van der Waals surface area contributed by atoms with Crippen LogP contribution in [0.1, 0.15) is 23.3 Å². The van der Waals surface area contributed by atoms with Crippen molar-refractivity contribution in [1.29, 1.82) is 0 Å². The summed E-state index contributed by atoms with van der Waals surface area (Å²) in [6.07, 6.45) is 0. The van der Waals surface area contributed by atoms with E-state index in [2.05, 4.69) is 5.32 Å². The van der Waals surface area contributed by atoms with Gasteiger partial charge in [0.25, 0.3) is 5.91 Å². The number of rotatable bonds is 9. The zero-order chi connectivity index (χ0) is 22.3. The fraction of sp³-hybridized carbons (Fsp3) is 0.167. The highest BCUT2D eigenvalue weighted by molar-refractivity contribution is 7.91. The molecule has 3 rings (SSSR count). The number of hydrogen-bond donors (Lipinski definition) is 1. The molecule has 7 heteroatoms. The number of hydrogen-bond acceptors (Lipinski definition) is 5. The van der Waals surface area contributed by atoms with Crippen LogP contribution in [0.2, 0.25) is 0 Å². The van der Waals surface area contributed by atoms with Crippen LogP contribution in [0.25, 0.3) is 0 Å². The predicted molar refractivity (Wildman–Crippen MR) is 119 cm³/mol. The molecule has 0 aliphatic rings. The minimum absolute atomic E-state index is 0.247. The van der Waals surface area contributed by atoms with E-state index in [1.165, 1.54) is 12.1 Å². The second-order valence-corrected chi connectivity index (χ2v) is 8.92. The van der Waals surface area contributed by atoms with Crippen LogP contribution in [0.15, 0.2) is 84.9 Å². The minimum atomic E-state index is -4.03. The molecule has 0 aliphatic carbocycles. The highest BCUT2D eigenvalue weighted by atomic mass is 32.2. The Hall–Kier alpha value is -3.45. The maximum atomic E-state index is 13.2. The Balaban J connectivity index is 1.93. The van der Waals surface area contributed by atoms with Gasteiger partial charge in [-0.05, 0) is 30.2 Å². The van der Waals surface area contributed by atoms with Gasteiger partial charge in [0.05, 0.1) is 18.0 Å². The van der Waals surface area contributed by atoms with Crippen molar-refractivity contribution in [2.45, 2.75) is 17.9 Å². The number of carbonyl (C=O) groups is 2. The fourth-order valence-electron chi connectivity index (χ4n) is 3.19. The number of carbonyl (C=O) groups excluding carboxylic acids is 2. The summed E-state index contributed by atoms with van der Waals surface area (Å²) in [6.45, 7) is 2.17. The molecule has 1 atom stereocenters. The monoisotopic (exact) mass is 437 g/mol. The number of ketones is 1. The molecule has 0 fully saturated rings. The molecule has 6 nitrogen and oxygen atoms in total. The van der Waals surface area contributed by atoms with Crippen LogP contribution >= 0.6 is 0 Å². The molecule has 0 radical (unpaired) electrons. The molecular formula is C24H23NO5S. The van der Waals surface area contributed by atoms with E-state index in [1.807, 2.05) is 0 Å². The second-order valence-electron chi connectivity index (χ2n) is 6.83. The first-order chi connectivity index (χ1) is 14.9. The number of ether oxygens (including phenoxy) is 1. The Labute approximate surface area is 181 Å². The maximum absolute atomic E-state index is 13.2. The highest BCUT2D eigenvalue weighted by Crippen LogP contribution is 2.29.